The number of amides is 2. The van der Waals surface area contributed by atoms with Gasteiger partial charge in [0, 0.05) is 13.5 Å². The number of likely N-dealkylation sites (tertiary alicyclic amines) is 1. The average Bonchev–Trinajstić information content (AvgIpc) is 2.47. The first-order chi connectivity index (χ1) is 7.60. The molecule has 2 amide bonds. The standard InChI is InChI=1S/C10H15NO4S/c1-3-16-8-4-9(13)11(10(8)14)5-7(12)6-15-2/h8H,3-6H2,1-2H3. The molecule has 1 rings (SSSR count). The van der Waals surface area contributed by atoms with Gasteiger partial charge in [0.15, 0.2) is 5.78 Å². The lowest BCUT2D eigenvalue weighted by Crippen LogP contribution is -2.37. The van der Waals surface area contributed by atoms with Gasteiger partial charge < -0.3 is 4.74 Å². The van der Waals surface area contributed by atoms with Gasteiger partial charge >= 0.3 is 0 Å². The van der Waals surface area contributed by atoms with Gasteiger partial charge in [-0.05, 0) is 5.75 Å². The third-order valence-corrected chi connectivity index (χ3v) is 3.31. The Hall–Kier alpha value is -0.880. The van der Waals surface area contributed by atoms with Gasteiger partial charge in [-0.15, -0.1) is 11.8 Å². The number of ketones is 1. The van der Waals surface area contributed by atoms with Gasteiger partial charge in [0.1, 0.15) is 6.61 Å². The Morgan fingerprint density at radius 2 is 2.25 bits per heavy atom. The molecule has 0 spiro atoms. The molecule has 0 aliphatic carbocycles. The topological polar surface area (TPSA) is 63.7 Å². The summed E-state index contributed by atoms with van der Waals surface area (Å²) < 4.78 is 4.65. The molecule has 0 radical (unpaired) electrons. The normalized spacial score (nSPS) is 20.6. The minimum atomic E-state index is -0.312. The zero-order valence-corrected chi connectivity index (χ0v) is 10.2. The van der Waals surface area contributed by atoms with E-state index in [1.807, 2.05) is 6.92 Å². The molecule has 1 saturated heterocycles. The van der Waals surface area contributed by atoms with Crippen molar-refractivity contribution in [3.05, 3.63) is 0 Å². The largest absolute Gasteiger partial charge is 0.377 e. The second kappa shape index (κ2) is 6.00. The SMILES string of the molecule is CCSC1CC(=O)N(CC(=O)COC)C1=O. The lowest BCUT2D eigenvalue weighted by atomic mass is 10.4. The number of carbonyl (C=O) groups excluding carboxylic acids is 3. The molecule has 16 heavy (non-hydrogen) atoms. The molecule has 0 saturated carbocycles. The number of ether oxygens (including phenoxy) is 1. The van der Waals surface area contributed by atoms with Crippen LogP contribution in [-0.2, 0) is 19.1 Å². The van der Waals surface area contributed by atoms with Crippen molar-refractivity contribution < 1.29 is 19.1 Å². The number of imide groups is 1. The number of rotatable bonds is 6. The molecule has 0 bridgehead atoms. The van der Waals surface area contributed by atoms with E-state index in [9.17, 15) is 14.4 Å². The van der Waals surface area contributed by atoms with Crippen molar-refractivity contribution in [3.63, 3.8) is 0 Å². The molecule has 1 aliphatic rings. The molecule has 1 unspecified atom stereocenters. The Labute approximate surface area is 98.5 Å². The van der Waals surface area contributed by atoms with Gasteiger partial charge in [-0.2, -0.15) is 0 Å². The van der Waals surface area contributed by atoms with Crippen molar-refractivity contribution in [2.45, 2.75) is 18.6 Å². The van der Waals surface area contributed by atoms with Gasteiger partial charge in [0.25, 0.3) is 0 Å². The van der Waals surface area contributed by atoms with E-state index >= 15 is 0 Å². The highest BCUT2D eigenvalue weighted by Gasteiger charge is 2.39. The van der Waals surface area contributed by atoms with Crippen LogP contribution in [0.15, 0.2) is 0 Å². The average molecular weight is 245 g/mol. The summed E-state index contributed by atoms with van der Waals surface area (Å²) in [6, 6.07) is 0. The van der Waals surface area contributed by atoms with Crippen LogP contribution in [0, 0.1) is 0 Å². The predicted molar refractivity (Wildman–Crippen MR) is 60.1 cm³/mol. The number of Topliss-reactive ketones (excluding diaryl/α,β-unsaturated/α-hetero) is 1. The Kier molecular flexibility index (Phi) is 4.95. The van der Waals surface area contributed by atoms with Crippen molar-refractivity contribution in [1.29, 1.82) is 0 Å². The second-order valence-corrected chi connectivity index (χ2v) is 4.92. The zero-order valence-electron chi connectivity index (χ0n) is 9.39. The van der Waals surface area contributed by atoms with Crippen LogP contribution in [0.4, 0.5) is 0 Å². The molecule has 0 aromatic heterocycles. The maximum Gasteiger partial charge on any atom is 0.243 e. The molecule has 90 valence electrons. The molecule has 0 aromatic rings. The van der Waals surface area contributed by atoms with Crippen molar-refractivity contribution >= 4 is 29.4 Å². The summed E-state index contributed by atoms with van der Waals surface area (Å²) in [7, 11) is 1.40. The van der Waals surface area contributed by atoms with Crippen LogP contribution in [0.2, 0.25) is 0 Å². The fourth-order valence-electron chi connectivity index (χ4n) is 1.53. The van der Waals surface area contributed by atoms with E-state index in [-0.39, 0.29) is 42.4 Å². The number of thioether (sulfide) groups is 1. The van der Waals surface area contributed by atoms with E-state index in [1.165, 1.54) is 18.9 Å². The lowest BCUT2D eigenvalue weighted by molar-refractivity contribution is -0.142. The van der Waals surface area contributed by atoms with Crippen LogP contribution in [-0.4, -0.2) is 53.8 Å². The van der Waals surface area contributed by atoms with Crippen LogP contribution in [0.3, 0.4) is 0 Å². The Bertz CT molecular complexity index is 305. The molecule has 6 heteroatoms. The highest BCUT2D eigenvalue weighted by atomic mass is 32.2. The third kappa shape index (κ3) is 3.05. The third-order valence-electron chi connectivity index (χ3n) is 2.21. The van der Waals surface area contributed by atoms with E-state index in [2.05, 4.69) is 4.74 Å². The van der Waals surface area contributed by atoms with Crippen LogP contribution in [0.25, 0.3) is 0 Å². The summed E-state index contributed by atoms with van der Waals surface area (Å²) in [4.78, 5) is 35.6. The maximum atomic E-state index is 11.7. The Morgan fingerprint density at radius 3 is 2.81 bits per heavy atom. The quantitative estimate of drug-likeness (QED) is 0.620. The highest BCUT2D eigenvalue weighted by molar-refractivity contribution is 8.00. The predicted octanol–water partition coefficient (Wildman–Crippen LogP) is 0.0825. The van der Waals surface area contributed by atoms with Crippen molar-refractivity contribution in [2.24, 2.45) is 0 Å². The van der Waals surface area contributed by atoms with Gasteiger partial charge in [-0.1, -0.05) is 6.92 Å². The molecule has 0 N–H and O–H groups in total. The number of nitrogens with zero attached hydrogens (tertiary/aromatic N) is 1. The van der Waals surface area contributed by atoms with E-state index in [1.54, 1.807) is 0 Å². The summed E-state index contributed by atoms with van der Waals surface area (Å²) >= 11 is 1.44. The fraction of sp³-hybridized carbons (Fsp3) is 0.700. The van der Waals surface area contributed by atoms with Gasteiger partial charge in [-0.3, -0.25) is 19.3 Å². The molecule has 1 aliphatic heterocycles. The first kappa shape index (κ1) is 13.2. The molecule has 1 heterocycles. The number of carbonyl (C=O) groups is 3. The Balaban J connectivity index is 2.57. The van der Waals surface area contributed by atoms with E-state index in [0.717, 1.165) is 10.7 Å². The maximum absolute atomic E-state index is 11.7. The van der Waals surface area contributed by atoms with E-state index < -0.39 is 0 Å². The summed E-state index contributed by atoms with van der Waals surface area (Å²) in [5.41, 5.74) is 0. The first-order valence-corrected chi connectivity index (χ1v) is 6.11. The van der Waals surface area contributed by atoms with Crippen LogP contribution < -0.4 is 0 Å². The number of hydrogen-bond acceptors (Lipinski definition) is 5. The zero-order chi connectivity index (χ0) is 12.1. The fourth-order valence-corrected chi connectivity index (χ4v) is 2.47. The van der Waals surface area contributed by atoms with Gasteiger partial charge in [0.05, 0.1) is 11.8 Å². The van der Waals surface area contributed by atoms with Crippen molar-refractivity contribution in [2.75, 3.05) is 26.0 Å². The summed E-state index contributed by atoms with van der Waals surface area (Å²) in [6.45, 7) is 1.70. The minimum absolute atomic E-state index is 0.0668. The van der Waals surface area contributed by atoms with Crippen LogP contribution >= 0.6 is 11.8 Å². The van der Waals surface area contributed by atoms with Crippen molar-refractivity contribution in [3.8, 4) is 0 Å². The molecular weight excluding hydrogens is 230 g/mol. The van der Waals surface area contributed by atoms with E-state index in [0.29, 0.717) is 0 Å². The Morgan fingerprint density at radius 1 is 1.56 bits per heavy atom. The smallest absolute Gasteiger partial charge is 0.243 e. The molecule has 1 atom stereocenters. The molecular formula is C10H15NO4S. The van der Waals surface area contributed by atoms with Crippen molar-refractivity contribution in [1.82, 2.24) is 4.90 Å². The molecule has 1 fully saturated rings. The van der Waals surface area contributed by atoms with E-state index in [4.69, 9.17) is 0 Å². The van der Waals surface area contributed by atoms with Crippen LogP contribution in [0.1, 0.15) is 13.3 Å². The molecule has 0 aromatic carbocycles. The number of hydrogen-bond donors (Lipinski definition) is 0. The monoisotopic (exact) mass is 245 g/mol. The van der Waals surface area contributed by atoms with Gasteiger partial charge in [-0.25, -0.2) is 0 Å². The highest BCUT2D eigenvalue weighted by Crippen LogP contribution is 2.24. The first-order valence-electron chi connectivity index (χ1n) is 5.06. The summed E-state index contributed by atoms with van der Waals surface area (Å²) in [5.74, 6) is 0.0110. The molecule has 5 nitrogen and oxygen atoms in total. The second-order valence-electron chi connectivity index (χ2n) is 3.44. The number of methoxy groups -OCH3 is 1. The summed E-state index contributed by atoms with van der Waals surface area (Å²) in [6.07, 6.45) is 0.206. The summed E-state index contributed by atoms with van der Waals surface area (Å²) in [5, 5.41) is -0.312. The minimum Gasteiger partial charge on any atom is -0.377 e. The van der Waals surface area contributed by atoms with Crippen LogP contribution in [0.5, 0.6) is 0 Å². The lowest BCUT2D eigenvalue weighted by Gasteiger charge is -2.13. The van der Waals surface area contributed by atoms with Gasteiger partial charge in [0.2, 0.25) is 11.8 Å².